The standard InChI is InChI=1S/C13H20FNO2/c1-3-11(6-7-16)15-9(2)12-5-4-10(14)8-13(12)17/h4-5,8-9,11,15-17H,3,6-7H2,1-2H3. The van der Waals surface area contributed by atoms with E-state index in [0.29, 0.717) is 12.0 Å². The molecule has 0 amide bonds. The summed E-state index contributed by atoms with van der Waals surface area (Å²) in [6.07, 6.45) is 1.57. The van der Waals surface area contributed by atoms with E-state index < -0.39 is 5.82 Å². The van der Waals surface area contributed by atoms with E-state index in [1.807, 2.05) is 13.8 Å². The van der Waals surface area contributed by atoms with Crippen molar-refractivity contribution in [2.75, 3.05) is 6.61 Å². The van der Waals surface area contributed by atoms with Crippen LogP contribution in [0.25, 0.3) is 0 Å². The molecule has 1 aromatic rings. The number of aliphatic hydroxyl groups is 1. The maximum Gasteiger partial charge on any atom is 0.126 e. The Morgan fingerprint density at radius 3 is 2.65 bits per heavy atom. The van der Waals surface area contributed by atoms with Crippen molar-refractivity contribution >= 4 is 0 Å². The van der Waals surface area contributed by atoms with Gasteiger partial charge in [-0.1, -0.05) is 13.0 Å². The number of hydrogen-bond donors (Lipinski definition) is 3. The molecule has 96 valence electrons. The van der Waals surface area contributed by atoms with Gasteiger partial charge >= 0.3 is 0 Å². The lowest BCUT2D eigenvalue weighted by Gasteiger charge is -2.22. The second-order valence-electron chi connectivity index (χ2n) is 4.21. The largest absolute Gasteiger partial charge is 0.508 e. The molecule has 0 fully saturated rings. The van der Waals surface area contributed by atoms with Crippen molar-refractivity contribution in [3.8, 4) is 5.75 Å². The molecule has 4 heteroatoms. The number of hydrogen-bond acceptors (Lipinski definition) is 3. The number of nitrogens with one attached hydrogen (secondary N) is 1. The zero-order chi connectivity index (χ0) is 12.8. The van der Waals surface area contributed by atoms with E-state index in [-0.39, 0.29) is 24.4 Å². The molecule has 0 saturated heterocycles. The smallest absolute Gasteiger partial charge is 0.126 e. The number of rotatable bonds is 6. The minimum Gasteiger partial charge on any atom is -0.508 e. The molecular weight excluding hydrogens is 221 g/mol. The van der Waals surface area contributed by atoms with E-state index in [2.05, 4.69) is 5.32 Å². The van der Waals surface area contributed by atoms with Crippen LogP contribution < -0.4 is 5.32 Å². The van der Waals surface area contributed by atoms with Gasteiger partial charge < -0.3 is 15.5 Å². The van der Waals surface area contributed by atoms with Crippen LogP contribution in [-0.4, -0.2) is 22.9 Å². The van der Waals surface area contributed by atoms with Crippen molar-refractivity contribution in [3.05, 3.63) is 29.6 Å². The van der Waals surface area contributed by atoms with Gasteiger partial charge in [0.05, 0.1) is 0 Å². The third-order valence-corrected chi connectivity index (χ3v) is 2.92. The van der Waals surface area contributed by atoms with E-state index >= 15 is 0 Å². The van der Waals surface area contributed by atoms with Crippen molar-refractivity contribution in [2.45, 2.75) is 38.8 Å². The van der Waals surface area contributed by atoms with Crippen LogP contribution in [0.15, 0.2) is 18.2 Å². The third kappa shape index (κ3) is 3.98. The van der Waals surface area contributed by atoms with E-state index in [4.69, 9.17) is 5.11 Å². The number of phenolic OH excluding ortho intramolecular Hbond substituents is 1. The summed E-state index contributed by atoms with van der Waals surface area (Å²) in [6.45, 7) is 4.07. The number of benzene rings is 1. The van der Waals surface area contributed by atoms with Crippen LogP contribution in [0, 0.1) is 5.82 Å². The average Bonchev–Trinajstić information content (AvgIpc) is 2.28. The number of aliphatic hydroxyl groups excluding tert-OH is 1. The Bertz CT molecular complexity index is 357. The molecule has 0 radical (unpaired) electrons. The first-order valence-corrected chi connectivity index (χ1v) is 5.93. The summed E-state index contributed by atoms with van der Waals surface area (Å²) in [5.74, 6) is -0.482. The lowest BCUT2D eigenvalue weighted by molar-refractivity contribution is 0.256. The first-order valence-electron chi connectivity index (χ1n) is 5.93. The minimum atomic E-state index is -0.444. The first-order chi connectivity index (χ1) is 8.08. The average molecular weight is 241 g/mol. The van der Waals surface area contributed by atoms with Crippen molar-refractivity contribution in [3.63, 3.8) is 0 Å². The summed E-state index contributed by atoms with van der Waals surface area (Å²) in [7, 11) is 0. The molecule has 2 atom stereocenters. The Hall–Kier alpha value is -1.13. The van der Waals surface area contributed by atoms with Gasteiger partial charge in [-0.15, -0.1) is 0 Å². The summed E-state index contributed by atoms with van der Waals surface area (Å²) < 4.78 is 12.8. The van der Waals surface area contributed by atoms with E-state index in [0.717, 1.165) is 12.5 Å². The molecule has 2 unspecified atom stereocenters. The second-order valence-corrected chi connectivity index (χ2v) is 4.21. The predicted molar refractivity (Wildman–Crippen MR) is 65.4 cm³/mol. The van der Waals surface area contributed by atoms with E-state index in [1.165, 1.54) is 6.07 Å². The fourth-order valence-corrected chi connectivity index (χ4v) is 1.89. The normalized spacial score (nSPS) is 14.6. The second kappa shape index (κ2) is 6.57. The fraction of sp³-hybridized carbons (Fsp3) is 0.538. The molecule has 0 aliphatic heterocycles. The highest BCUT2D eigenvalue weighted by Crippen LogP contribution is 2.25. The Morgan fingerprint density at radius 1 is 1.41 bits per heavy atom. The van der Waals surface area contributed by atoms with Crippen LogP contribution in [0.1, 0.15) is 38.3 Å². The number of phenols is 1. The lowest BCUT2D eigenvalue weighted by atomic mass is 10.0. The third-order valence-electron chi connectivity index (χ3n) is 2.92. The molecule has 0 heterocycles. The maximum atomic E-state index is 12.8. The summed E-state index contributed by atoms with van der Waals surface area (Å²) in [4.78, 5) is 0. The van der Waals surface area contributed by atoms with Crippen LogP contribution in [-0.2, 0) is 0 Å². The molecule has 0 bridgehead atoms. The Morgan fingerprint density at radius 2 is 2.12 bits per heavy atom. The molecule has 17 heavy (non-hydrogen) atoms. The fourth-order valence-electron chi connectivity index (χ4n) is 1.89. The summed E-state index contributed by atoms with van der Waals surface area (Å²) in [6, 6.07) is 4.14. The van der Waals surface area contributed by atoms with Crippen molar-refractivity contribution < 1.29 is 14.6 Å². The molecule has 3 nitrogen and oxygen atoms in total. The van der Waals surface area contributed by atoms with Gasteiger partial charge in [0, 0.05) is 30.3 Å². The molecule has 0 aliphatic rings. The van der Waals surface area contributed by atoms with Crippen LogP contribution in [0.2, 0.25) is 0 Å². The van der Waals surface area contributed by atoms with Gasteiger partial charge in [0.1, 0.15) is 11.6 Å². The topological polar surface area (TPSA) is 52.5 Å². The zero-order valence-corrected chi connectivity index (χ0v) is 10.3. The SMILES string of the molecule is CCC(CCO)NC(C)c1ccc(F)cc1O. The van der Waals surface area contributed by atoms with Crippen molar-refractivity contribution in [2.24, 2.45) is 0 Å². The highest BCUT2D eigenvalue weighted by molar-refractivity contribution is 5.34. The Balaban J connectivity index is 2.71. The molecule has 0 spiro atoms. The van der Waals surface area contributed by atoms with Crippen molar-refractivity contribution in [1.29, 1.82) is 0 Å². The lowest BCUT2D eigenvalue weighted by Crippen LogP contribution is -2.31. The van der Waals surface area contributed by atoms with Gasteiger partial charge in [-0.3, -0.25) is 0 Å². The van der Waals surface area contributed by atoms with Gasteiger partial charge in [-0.05, 0) is 25.8 Å². The van der Waals surface area contributed by atoms with Gasteiger partial charge in [-0.25, -0.2) is 4.39 Å². The molecule has 0 aliphatic carbocycles. The van der Waals surface area contributed by atoms with Crippen LogP contribution in [0.5, 0.6) is 5.75 Å². The maximum absolute atomic E-state index is 12.8. The van der Waals surface area contributed by atoms with Gasteiger partial charge in [0.2, 0.25) is 0 Å². The monoisotopic (exact) mass is 241 g/mol. The van der Waals surface area contributed by atoms with Gasteiger partial charge in [0.25, 0.3) is 0 Å². The highest BCUT2D eigenvalue weighted by atomic mass is 19.1. The summed E-state index contributed by atoms with van der Waals surface area (Å²) in [5.41, 5.74) is 0.669. The molecule has 3 N–H and O–H groups in total. The van der Waals surface area contributed by atoms with Crippen LogP contribution in [0.4, 0.5) is 4.39 Å². The summed E-state index contributed by atoms with van der Waals surface area (Å²) in [5, 5.41) is 21.9. The first kappa shape index (κ1) is 13.9. The van der Waals surface area contributed by atoms with E-state index in [1.54, 1.807) is 6.07 Å². The molecule has 0 saturated carbocycles. The highest BCUT2D eigenvalue weighted by Gasteiger charge is 2.14. The summed E-state index contributed by atoms with van der Waals surface area (Å²) >= 11 is 0. The zero-order valence-electron chi connectivity index (χ0n) is 10.3. The molecular formula is C13H20FNO2. The quantitative estimate of drug-likeness (QED) is 0.716. The predicted octanol–water partition coefficient (Wildman–Crippen LogP) is 2.34. The molecule has 1 rings (SSSR count). The van der Waals surface area contributed by atoms with Crippen LogP contribution >= 0.6 is 0 Å². The number of aromatic hydroxyl groups is 1. The minimum absolute atomic E-state index is 0.0381. The Labute approximate surface area is 101 Å². The number of halogens is 1. The molecule has 0 aromatic heterocycles. The van der Waals surface area contributed by atoms with E-state index in [9.17, 15) is 9.50 Å². The Kier molecular flexibility index (Phi) is 5.38. The van der Waals surface area contributed by atoms with Crippen LogP contribution in [0.3, 0.4) is 0 Å². The van der Waals surface area contributed by atoms with Crippen molar-refractivity contribution in [1.82, 2.24) is 5.32 Å². The molecule has 1 aromatic carbocycles. The van der Waals surface area contributed by atoms with Gasteiger partial charge in [-0.2, -0.15) is 0 Å². The van der Waals surface area contributed by atoms with Gasteiger partial charge in [0.15, 0.2) is 0 Å².